The maximum Gasteiger partial charge on any atom is 0.233 e. The highest BCUT2D eigenvalue weighted by atomic mass is 35.5. The predicted molar refractivity (Wildman–Crippen MR) is 72.3 cm³/mol. The van der Waals surface area contributed by atoms with Gasteiger partial charge < -0.3 is 11.1 Å². The van der Waals surface area contributed by atoms with Crippen LogP contribution in [-0.2, 0) is 4.79 Å². The highest BCUT2D eigenvalue weighted by Gasteiger charge is 2.25. The third-order valence-corrected chi connectivity index (χ3v) is 4.00. The van der Waals surface area contributed by atoms with Crippen LogP contribution in [0.15, 0.2) is 23.1 Å². The summed E-state index contributed by atoms with van der Waals surface area (Å²) in [6, 6.07) is 5.84. The van der Waals surface area contributed by atoms with Crippen molar-refractivity contribution in [3.8, 4) is 0 Å². The molecular weight excluding hydrogens is 256 g/mol. The lowest BCUT2D eigenvalue weighted by Crippen LogP contribution is -2.32. The molecule has 1 fully saturated rings. The third kappa shape index (κ3) is 3.54. The zero-order valence-electron chi connectivity index (χ0n) is 9.57. The van der Waals surface area contributed by atoms with E-state index in [9.17, 15) is 4.79 Å². The topological polar surface area (TPSA) is 55.1 Å². The van der Waals surface area contributed by atoms with E-state index in [1.165, 1.54) is 11.8 Å². The van der Waals surface area contributed by atoms with Crippen LogP contribution in [0.25, 0.3) is 0 Å². The zero-order chi connectivity index (χ0) is 12.4. The van der Waals surface area contributed by atoms with Gasteiger partial charge in [-0.1, -0.05) is 11.6 Å². The van der Waals surface area contributed by atoms with E-state index in [1.807, 2.05) is 13.0 Å². The number of rotatable bonds is 4. The van der Waals surface area contributed by atoms with Crippen molar-refractivity contribution in [3.63, 3.8) is 0 Å². The number of thioether (sulfide) groups is 1. The molecule has 1 aliphatic rings. The number of hydrogen-bond acceptors (Lipinski definition) is 3. The number of nitrogens with one attached hydrogen (secondary N) is 1. The Bertz CT molecular complexity index is 435. The molecule has 0 aliphatic heterocycles. The second-order valence-corrected chi connectivity index (χ2v) is 6.05. The fourth-order valence-corrected chi connectivity index (χ4v) is 2.55. The highest BCUT2D eigenvalue weighted by molar-refractivity contribution is 8.00. The first-order chi connectivity index (χ1) is 8.06. The molecule has 1 atom stereocenters. The van der Waals surface area contributed by atoms with E-state index in [1.54, 1.807) is 12.1 Å². The number of carbonyl (C=O) groups excluding carboxylic acids is 1. The predicted octanol–water partition coefficient (Wildman–Crippen LogP) is 2.68. The van der Waals surface area contributed by atoms with Gasteiger partial charge in [-0.3, -0.25) is 4.79 Å². The maximum atomic E-state index is 11.8. The van der Waals surface area contributed by atoms with Crippen molar-refractivity contribution in [2.75, 3.05) is 5.73 Å². The molecule has 1 aliphatic carbocycles. The van der Waals surface area contributed by atoms with E-state index in [0.29, 0.717) is 16.8 Å². The molecule has 3 nitrogen and oxygen atoms in total. The summed E-state index contributed by atoms with van der Waals surface area (Å²) in [6.07, 6.45) is 2.22. The quantitative estimate of drug-likeness (QED) is 0.653. The fourth-order valence-electron chi connectivity index (χ4n) is 1.39. The van der Waals surface area contributed by atoms with Gasteiger partial charge in [-0.2, -0.15) is 0 Å². The molecule has 0 aromatic heterocycles. The standard InChI is InChI=1S/C12H15ClN2OS/c1-7(12(16)15-8-2-3-8)17-9-4-5-11(14)10(13)6-9/h4-8H,2-3,14H2,1H3,(H,15,16). The summed E-state index contributed by atoms with van der Waals surface area (Å²) >= 11 is 7.42. The summed E-state index contributed by atoms with van der Waals surface area (Å²) in [5.41, 5.74) is 6.19. The Morgan fingerprint density at radius 3 is 2.88 bits per heavy atom. The Kier molecular flexibility index (Phi) is 3.84. The van der Waals surface area contributed by atoms with Gasteiger partial charge >= 0.3 is 0 Å². The van der Waals surface area contributed by atoms with E-state index in [0.717, 1.165) is 17.7 Å². The lowest BCUT2D eigenvalue weighted by molar-refractivity contribution is -0.120. The molecule has 0 saturated heterocycles. The first kappa shape index (κ1) is 12.6. The normalized spacial score (nSPS) is 16.6. The molecule has 0 radical (unpaired) electrons. The molecule has 17 heavy (non-hydrogen) atoms. The Morgan fingerprint density at radius 1 is 1.59 bits per heavy atom. The molecule has 92 valence electrons. The van der Waals surface area contributed by atoms with Crippen molar-refractivity contribution in [3.05, 3.63) is 23.2 Å². The van der Waals surface area contributed by atoms with Gasteiger partial charge in [0.25, 0.3) is 0 Å². The van der Waals surface area contributed by atoms with E-state index < -0.39 is 0 Å². The smallest absolute Gasteiger partial charge is 0.233 e. The van der Waals surface area contributed by atoms with E-state index in [4.69, 9.17) is 17.3 Å². The SMILES string of the molecule is CC(Sc1ccc(N)c(Cl)c1)C(=O)NC1CC1. The van der Waals surface area contributed by atoms with Gasteiger partial charge in [0.2, 0.25) is 5.91 Å². The zero-order valence-corrected chi connectivity index (χ0v) is 11.1. The molecule has 1 amide bonds. The van der Waals surface area contributed by atoms with Crippen molar-refractivity contribution in [1.29, 1.82) is 0 Å². The lowest BCUT2D eigenvalue weighted by atomic mass is 10.3. The van der Waals surface area contributed by atoms with Gasteiger partial charge in [0, 0.05) is 10.9 Å². The molecule has 1 unspecified atom stereocenters. The lowest BCUT2D eigenvalue weighted by Gasteiger charge is -2.11. The van der Waals surface area contributed by atoms with Crippen molar-refractivity contribution >= 4 is 35.0 Å². The number of amides is 1. The van der Waals surface area contributed by atoms with Crippen LogP contribution >= 0.6 is 23.4 Å². The van der Waals surface area contributed by atoms with Crippen LogP contribution in [0.2, 0.25) is 5.02 Å². The summed E-state index contributed by atoms with van der Waals surface area (Å²) < 4.78 is 0. The fraction of sp³-hybridized carbons (Fsp3) is 0.417. The van der Waals surface area contributed by atoms with Gasteiger partial charge in [0.1, 0.15) is 0 Å². The minimum Gasteiger partial charge on any atom is -0.398 e. The number of hydrogen-bond donors (Lipinski definition) is 2. The average molecular weight is 271 g/mol. The molecule has 1 aromatic rings. The average Bonchev–Trinajstić information content (AvgIpc) is 3.07. The summed E-state index contributed by atoms with van der Waals surface area (Å²) in [7, 11) is 0. The molecule has 2 rings (SSSR count). The van der Waals surface area contributed by atoms with E-state index in [-0.39, 0.29) is 11.2 Å². The second-order valence-electron chi connectivity index (χ2n) is 4.23. The van der Waals surface area contributed by atoms with Crippen molar-refractivity contribution in [2.45, 2.75) is 36.0 Å². The van der Waals surface area contributed by atoms with Crippen LogP contribution < -0.4 is 11.1 Å². The third-order valence-electron chi connectivity index (χ3n) is 2.58. The molecule has 1 aromatic carbocycles. The minimum atomic E-state index is -0.115. The maximum absolute atomic E-state index is 11.8. The van der Waals surface area contributed by atoms with Crippen LogP contribution in [0.3, 0.4) is 0 Å². The minimum absolute atomic E-state index is 0.0884. The van der Waals surface area contributed by atoms with Crippen LogP contribution in [0.4, 0.5) is 5.69 Å². The molecule has 0 heterocycles. The first-order valence-electron chi connectivity index (χ1n) is 5.58. The van der Waals surface area contributed by atoms with Crippen molar-refractivity contribution in [2.24, 2.45) is 0 Å². The van der Waals surface area contributed by atoms with E-state index >= 15 is 0 Å². The van der Waals surface area contributed by atoms with Crippen LogP contribution in [0, 0.1) is 0 Å². The Labute approximate surface area is 110 Å². The van der Waals surface area contributed by atoms with Crippen molar-refractivity contribution < 1.29 is 4.79 Å². The summed E-state index contributed by atoms with van der Waals surface area (Å²) in [4.78, 5) is 12.7. The summed E-state index contributed by atoms with van der Waals surface area (Å²) in [5.74, 6) is 0.0884. The van der Waals surface area contributed by atoms with Gasteiger partial charge in [-0.15, -0.1) is 11.8 Å². The molecule has 1 saturated carbocycles. The summed E-state index contributed by atoms with van der Waals surface area (Å²) in [5, 5.41) is 3.40. The second kappa shape index (κ2) is 5.19. The summed E-state index contributed by atoms with van der Waals surface area (Å²) in [6.45, 7) is 1.90. The van der Waals surface area contributed by atoms with Crippen LogP contribution in [0.5, 0.6) is 0 Å². The van der Waals surface area contributed by atoms with Crippen molar-refractivity contribution in [1.82, 2.24) is 5.32 Å². The highest BCUT2D eigenvalue weighted by Crippen LogP contribution is 2.29. The number of benzene rings is 1. The largest absolute Gasteiger partial charge is 0.398 e. The van der Waals surface area contributed by atoms with Gasteiger partial charge in [0.15, 0.2) is 0 Å². The van der Waals surface area contributed by atoms with Gasteiger partial charge in [-0.25, -0.2) is 0 Å². The molecular formula is C12H15ClN2OS. The monoisotopic (exact) mass is 270 g/mol. The van der Waals surface area contributed by atoms with Crippen LogP contribution in [-0.4, -0.2) is 17.2 Å². The molecule has 5 heteroatoms. The first-order valence-corrected chi connectivity index (χ1v) is 6.84. The Hall–Kier alpha value is -0.870. The van der Waals surface area contributed by atoms with Gasteiger partial charge in [-0.05, 0) is 38.0 Å². The number of halogens is 1. The van der Waals surface area contributed by atoms with Gasteiger partial charge in [0.05, 0.1) is 16.0 Å². The van der Waals surface area contributed by atoms with Crippen LogP contribution in [0.1, 0.15) is 19.8 Å². The molecule has 0 spiro atoms. The number of nitrogen functional groups attached to an aromatic ring is 1. The number of anilines is 1. The van der Waals surface area contributed by atoms with E-state index in [2.05, 4.69) is 5.32 Å². The number of carbonyl (C=O) groups is 1. The molecule has 0 bridgehead atoms. The Balaban J connectivity index is 1.94. The molecule has 3 N–H and O–H groups in total. The Morgan fingerprint density at radius 2 is 2.29 bits per heavy atom. The number of nitrogens with two attached hydrogens (primary N) is 1.